The van der Waals surface area contributed by atoms with Crippen molar-refractivity contribution in [2.75, 3.05) is 20.3 Å². The molecule has 0 spiro atoms. The van der Waals surface area contributed by atoms with Crippen molar-refractivity contribution in [1.29, 1.82) is 0 Å². The van der Waals surface area contributed by atoms with Crippen LogP contribution in [-0.2, 0) is 28.4 Å². The number of hydrogen-bond donors (Lipinski definition) is 0. The fraction of sp³-hybridized carbons (Fsp3) is 0.455. The Bertz CT molecular complexity index is 665. The van der Waals surface area contributed by atoms with E-state index in [0.29, 0.717) is 13.2 Å². The van der Waals surface area contributed by atoms with Gasteiger partial charge in [-0.25, -0.2) is 13.1 Å². The van der Waals surface area contributed by atoms with Gasteiger partial charge in [0.2, 0.25) is 5.03 Å². The molecule has 10 heteroatoms. The molecule has 0 aliphatic heterocycles. The minimum atomic E-state index is -3.72. The van der Waals surface area contributed by atoms with E-state index in [4.69, 9.17) is 4.74 Å². The molecule has 0 aliphatic rings. The van der Waals surface area contributed by atoms with E-state index in [-0.39, 0.29) is 16.2 Å². The highest BCUT2D eigenvalue weighted by Crippen LogP contribution is 2.24. The number of sulfonamides is 1. The Kier molecular flexibility index (Phi) is 5.49. The standard InChI is InChI=1S/C11H15BrN4O3S2/c1-15-11(10(12)13-14-15)21(17,18)16(5-6-19-2)8-9-4-3-7-20-9/h3-4,7H,5-6,8H2,1-2H3. The first-order valence-electron chi connectivity index (χ1n) is 6.03. The molecule has 2 aromatic rings. The zero-order chi connectivity index (χ0) is 15.5. The molecule has 0 radical (unpaired) electrons. The monoisotopic (exact) mass is 394 g/mol. The molecule has 2 rings (SSSR count). The Morgan fingerprint density at radius 1 is 1.52 bits per heavy atom. The van der Waals surface area contributed by atoms with Gasteiger partial charge in [0.15, 0.2) is 4.60 Å². The van der Waals surface area contributed by atoms with Crippen LogP contribution in [0.1, 0.15) is 4.88 Å². The van der Waals surface area contributed by atoms with Gasteiger partial charge in [0.05, 0.1) is 6.61 Å². The minimum absolute atomic E-state index is 0.0372. The fourth-order valence-corrected chi connectivity index (χ4v) is 5.01. The van der Waals surface area contributed by atoms with E-state index in [1.165, 1.54) is 27.4 Å². The Morgan fingerprint density at radius 3 is 2.81 bits per heavy atom. The smallest absolute Gasteiger partial charge is 0.263 e. The van der Waals surface area contributed by atoms with E-state index in [1.807, 2.05) is 17.5 Å². The van der Waals surface area contributed by atoms with E-state index >= 15 is 0 Å². The minimum Gasteiger partial charge on any atom is -0.383 e. The molecule has 0 saturated carbocycles. The van der Waals surface area contributed by atoms with Gasteiger partial charge in [-0.15, -0.1) is 16.4 Å². The van der Waals surface area contributed by atoms with Crippen LogP contribution in [-0.4, -0.2) is 48.0 Å². The molecule has 0 aromatic carbocycles. The number of rotatable bonds is 7. The normalized spacial score (nSPS) is 12.2. The summed E-state index contributed by atoms with van der Waals surface area (Å²) < 4.78 is 33.5. The Labute approximate surface area is 135 Å². The van der Waals surface area contributed by atoms with Crippen molar-refractivity contribution in [3.8, 4) is 0 Å². The number of halogens is 1. The lowest BCUT2D eigenvalue weighted by Gasteiger charge is -2.21. The molecule has 21 heavy (non-hydrogen) atoms. The number of aryl methyl sites for hydroxylation is 1. The second-order valence-corrected chi connectivity index (χ2v) is 7.86. The summed E-state index contributed by atoms with van der Waals surface area (Å²) in [5, 5.41) is 9.42. The van der Waals surface area contributed by atoms with Gasteiger partial charge in [0.1, 0.15) is 0 Å². The highest BCUT2D eigenvalue weighted by atomic mass is 79.9. The summed E-state index contributed by atoms with van der Waals surface area (Å²) >= 11 is 4.65. The largest absolute Gasteiger partial charge is 0.383 e. The first kappa shape index (κ1) is 16.6. The van der Waals surface area contributed by atoms with Crippen molar-refractivity contribution in [3.05, 3.63) is 27.0 Å². The van der Waals surface area contributed by atoms with Crippen LogP contribution in [0, 0.1) is 0 Å². The van der Waals surface area contributed by atoms with Crippen LogP contribution in [0.4, 0.5) is 0 Å². The number of methoxy groups -OCH3 is 1. The lowest BCUT2D eigenvalue weighted by Crippen LogP contribution is -2.34. The van der Waals surface area contributed by atoms with E-state index < -0.39 is 10.0 Å². The molecular formula is C11H15BrN4O3S2. The Hall–Kier alpha value is -0.810. The second-order valence-electron chi connectivity index (χ2n) is 4.22. The third-order valence-corrected chi connectivity index (χ3v) is 6.37. The summed E-state index contributed by atoms with van der Waals surface area (Å²) in [6.45, 7) is 0.864. The zero-order valence-corrected chi connectivity index (χ0v) is 14.8. The summed E-state index contributed by atoms with van der Waals surface area (Å²) in [6.07, 6.45) is 0. The molecule has 0 aliphatic carbocycles. The summed E-state index contributed by atoms with van der Waals surface area (Å²) in [5.41, 5.74) is 0. The van der Waals surface area contributed by atoms with Gasteiger partial charge >= 0.3 is 0 Å². The van der Waals surface area contributed by atoms with Gasteiger partial charge in [0, 0.05) is 32.1 Å². The van der Waals surface area contributed by atoms with Crippen molar-refractivity contribution in [3.63, 3.8) is 0 Å². The first-order chi connectivity index (χ1) is 9.96. The van der Waals surface area contributed by atoms with Crippen LogP contribution < -0.4 is 0 Å². The molecular weight excluding hydrogens is 380 g/mol. The first-order valence-corrected chi connectivity index (χ1v) is 9.14. The number of thiophene rings is 1. The summed E-state index contributed by atoms with van der Waals surface area (Å²) in [5.74, 6) is 0. The van der Waals surface area contributed by atoms with E-state index in [0.717, 1.165) is 4.88 Å². The number of hydrogen-bond acceptors (Lipinski definition) is 6. The van der Waals surface area contributed by atoms with Crippen LogP contribution >= 0.6 is 27.3 Å². The third kappa shape index (κ3) is 3.69. The van der Waals surface area contributed by atoms with Crippen molar-refractivity contribution in [2.24, 2.45) is 7.05 Å². The molecule has 0 fully saturated rings. The van der Waals surface area contributed by atoms with E-state index in [2.05, 4.69) is 26.2 Å². The quantitative estimate of drug-likeness (QED) is 0.710. The molecule has 0 amide bonds. The lowest BCUT2D eigenvalue weighted by molar-refractivity contribution is 0.177. The van der Waals surface area contributed by atoms with E-state index in [9.17, 15) is 8.42 Å². The summed E-state index contributed by atoms with van der Waals surface area (Å²) in [6, 6.07) is 3.79. The van der Waals surface area contributed by atoms with E-state index in [1.54, 1.807) is 7.05 Å². The topological polar surface area (TPSA) is 77.3 Å². The number of nitrogens with zero attached hydrogens (tertiary/aromatic N) is 4. The van der Waals surface area contributed by atoms with Crippen LogP contribution in [0.2, 0.25) is 0 Å². The average Bonchev–Trinajstić information content (AvgIpc) is 3.04. The number of aromatic nitrogens is 3. The highest BCUT2D eigenvalue weighted by Gasteiger charge is 2.31. The molecule has 0 unspecified atom stereocenters. The lowest BCUT2D eigenvalue weighted by atomic mass is 10.4. The van der Waals surface area contributed by atoms with Gasteiger partial charge in [-0.2, -0.15) is 4.31 Å². The SMILES string of the molecule is COCCN(Cc1cccs1)S(=O)(=O)c1c(Br)nnn1C. The van der Waals surface area contributed by atoms with Crippen LogP contribution in [0.3, 0.4) is 0 Å². The molecule has 2 heterocycles. The molecule has 116 valence electrons. The zero-order valence-electron chi connectivity index (χ0n) is 11.6. The fourth-order valence-electron chi connectivity index (χ4n) is 1.77. The predicted octanol–water partition coefficient (Wildman–Crippen LogP) is 1.48. The average molecular weight is 395 g/mol. The molecule has 2 aromatic heterocycles. The third-order valence-electron chi connectivity index (χ3n) is 2.78. The molecule has 0 N–H and O–H groups in total. The van der Waals surface area contributed by atoms with Gasteiger partial charge in [-0.05, 0) is 27.4 Å². The van der Waals surface area contributed by atoms with Gasteiger partial charge in [-0.1, -0.05) is 11.3 Å². The maximum absolute atomic E-state index is 12.8. The molecule has 0 bridgehead atoms. The predicted molar refractivity (Wildman–Crippen MR) is 82.5 cm³/mol. The van der Waals surface area contributed by atoms with Gasteiger partial charge < -0.3 is 4.74 Å². The Balaban J connectivity index is 2.34. The van der Waals surface area contributed by atoms with Crippen LogP contribution in [0.15, 0.2) is 27.1 Å². The van der Waals surface area contributed by atoms with Gasteiger partial charge in [0.25, 0.3) is 10.0 Å². The summed E-state index contributed by atoms with van der Waals surface area (Å²) in [7, 11) is -0.631. The van der Waals surface area contributed by atoms with Crippen LogP contribution in [0.25, 0.3) is 0 Å². The molecule has 0 saturated heterocycles. The molecule has 7 nitrogen and oxygen atoms in total. The van der Waals surface area contributed by atoms with Crippen molar-refractivity contribution in [1.82, 2.24) is 19.3 Å². The summed E-state index contributed by atoms with van der Waals surface area (Å²) in [4.78, 5) is 0.959. The maximum atomic E-state index is 12.8. The van der Waals surface area contributed by atoms with Crippen LogP contribution in [0.5, 0.6) is 0 Å². The Morgan fingerprint density at radius 2 is 2.29 bits per heavy atom. The number of ether oxygens (including phenoxy) is 1. The van der Waals surface area contributed by atoms with Crippen molar-refractivity contribution in [2.45, 2.75) is 11.6 Å². The van der Waals surface area contributed by atoms with Crippen molar-refractivity contribution >= 4 is 37.3 Å². The van der Waals surface area contributed by atoms with Gasteiger partial charge in [-0.3, -0.25) is 0 Å². The second kappa shape index (κ2) is 6.97. The maximum Gasteiger partial charge on any atom is 0.263 e. The molecule has 0 atom stereocenters. The van der Waals surface area contributed by atoms with Crippen molar-refractivity contribution < 1.29 is 13.2 Å². The highest BCUT2D eigenvalue weighted by molar-refractivity contribution is 9.10.